The first kappa shape index (κ1) is 13.8. The Balaban J connectivity index is 1.78. The highest BCUT2D eigenvalue weighted by atomic mass is 16.3. The average molecular weight is 286 g/mol. The van der Waals surface area contributed by atoms with Crippen LogP contribution in [0.3, 0.4) is 0 Å². The van der Waals surface area contributed by atoms with Gasteiger partial charge in [0.25, 0.3) is 5.91 Å². The second kappa shape index (κ2) is 5.65. The van der Waals surface area contributed by atoms with Crippen molar-refractivity contribution in [2.45, 2.75) is 25.0 Å². The Labute approximate surface area is 122 Å². The third kappa shape index (κ3) is 2.95. The van der Waals surface area contributed by atoms with Crippen molar-refractivity contribution in [3.05, 3.63) is 48.0 Å². The summed E-state index contributed by atoms with van der Waals surface area (Å²) < 4.78 is 1.71. The van der Waals surface area contributed by atoms with Gasteiger partial charge in [-0.3, -0.25) is 14.5 Å². The molecule has 1 aliphatic rings. The molecule has 1 amide bonds. The summed E-state index contributed by atoms with van der Waals surface area (Å²) in [5.74, 6) is 0.0303. The first-order valence-corrected chi connectivity index (χ1v) is 7.02. The summed E-state index contributed by atoms with van der Waals surface area (Å²) >= 11 is 0. The summed E-state index contributed by atoms with van der Waals surface area (Å²) in [5.41, 5.74) is 1.35. The molecule has 0 bridgehead atoms. The number of carbonyl (C=O) groups excluding carboxylic acids is 1. The standard InChI is InChI=1S/C15H18N4O2/c1-19-9-11(8-17-19)14(10-6-12(20)7-10)18-15(21)13-4-2-3-5-16-13/h2-5,8-10,12,14,20H,6-7H2,1H3,(H,18,21)/t10?,12?,14-/m1/s1. The van der Waals surface area contributed by atoms with Crippen LogP contribution in [-0.4, -0.2) is 31.9 Å². The van der Waals surface area contributed by atoms with E-state index >= 15 is 0 Å². The van der Waals surface area contributed by atoms with Gasteiger partial charge in [-0.15, -0.1) is 0 Å². The minimum absolute atomic E-state index is 0.142. The third-order valence-electron chi connectivity index (χ3n) is 3.89. The highest BCUT2D eigenvalue weighted by Gasteiger charge is 2.36. The van der Waals surface area contributed by atoms with Gasteiger partial charge in [0.15, 0.2) is 0 Å². The van der Waals surface area contributed by atoms with Gasteiger partial charge >= 0.3 is 0 Å². The molecule has 3 rings (SSSR count). The monoisotopic (exact) mass is 286 g/mol. The first-order chi connectivity index (χ1) is 10.1. The van der Waals surface area contributed by atoms with Crippen molar-refractivity contribution in [2.75, 3.05) is 0 Å². The summed E-state index contributed by atoms with van der Waals surface area (Å²) in [6, 6.07) is 5.11. The van der Waals surface area contributed by atoms with Crippen LogP contribution >= 0.6 is 0 Å². The summed E-state index contributed by atoms with van der Waals surface area (Å²) in [7, 11) is 1.84. The average Bonchev–Trinajstić information content (AvgIpc) is 2.89. The molecule has 0 radical (unpaired) electrons. The van der Waals surface area contributed by atoms with E-state index in [2.05, 4.69) is 15.4 Å². The fraction of sp³-hybridized carbons (Fsp3) is 0.400. The molecule has 1 saturated carbocycles. The third-order valence-corrected chi connectivity index (χ3v) is 3.89. The first-order valence-electron chi connectivity index (χ1n) is 7.02. The van der Waals surface area contributed by atoms with Crippen molar-refractivity contribution < 1.29 is 9.90 Å². The van der Waals surface area contributed by atoms with Crippen molar-refractivity contribution in [1.82, 2.24) is 20.1 Å². The van der Waals surface area contributed by atoms with Gasteiger partial charge in [0.1, 0.15) is 5.69 Å². The lowest BCUT2D eigenvalue weighted by atomic mass is 9.75. The number of amides is 1. The number of rotatable bonds is 4. The van der Waals surface area contributed by atoms with E-state index in [1.54, 1.807) is 35.3 Å². The van der Waals surface area contributed by atoms with E-state index in [1.165, 1.54) is 0 Å². The number of hydrogen-bond acceptors (Lipinski definition) is 4. The lowest BCUT2D eigenvalue weighted by molar-refractivity contribution is 0.0234. The molecule has 6 nitrogen and oxygen atoms in total. The van der Waals surface area contributed by atoms with Gasteiger partial charge in [0, 0.05) is 25.0 Å². The number of nitrogens with zero attached hydrogens (tertiary/aromatic N) is 3. The Kier molecular flexibility index (Phi) is 3.70. The zero-order valence-corrected chi connectivity index (χ0v) is 11.8. The SMILES string of the molecule is Cn1cc([C@H](NC(=O)c2ccccn2)C2CC(O)C2)cn1. The highest BCUT2D eigenvalue weighted by Crippen LogP contribution is 2.38. The Hall–Kier alpha value is -2.21. The predicted molar refractivity (Wildman–Crippen MR) is 76.4 cm³/mol. The predicted octanol–water partition coefficient (Wildman–Crippen LogP) is 1.06. The van der Waals surface area contributed by atoms with Gasteiger partial charge in [0.05, 0.1) is 18.3 Å². The smallest absolute Gasteiger partial charge is 0.270 e. The van der Waals surface area contributed by atoms with E-state index in [9.17, 15) is 9.90 Å². The maximum absolute atomic E-state index is 12.3. The van der Waals surface area contributed by atoms with E-state index in [-0.39, 0.29) is 24.0 Å². The number of aromatic nitrogens is 3. The normalized spacial score (nSPS) is 22.4. The molecular formula is C15H18N4O2. The number of nitrogens with one attached hydrogen (secondary N) is 1. The van der Waals surface area contributed by atoms with Gasteiger partial charge in [-0.2, -0.15) is 5.10 Å². The van der Waals surface area contributed by atoms with E-state index < -0.39 is 0 Å². The van der Waals surface area contributed by atoms with Gasteiger partial charge in [-0.05, 0) is 30.9 Å². The maximum atomic E-state index is 12.3. The van der Waals surface area contributed by atoms with Crippen molar-refractivity contribution in [2.24, 2.45) is 13.0 Å². The Morgan fingerprint density at radius 3 is 2.86 bits per heavy atom. The number of aliphatic hydroxyl groups excluding tert-OH is 1. The van der Waals surface area contributed by atoms with Crippen LogP contribution in [0, 0.1) is 5.92 Å². The van der Waals surface area contributed by atoms with E-state index in [4.69, 9.17) is 0 Å². The van der Waals surface area contributed by atoms with Crippen LogP contribution in [0.25, 0.3) is 0 Å². The lowest BCUT2D eigenvalue weighted by Crippen LogP contribution is -2.41. The van der Waals surface area contributed by atoms with E-state index in [0.717, 1.165) is 5.56 Å². The molecule has 0 aliphatic heterocycles. The molecule has 2 aromatic rings. The molecule has 6 heteroatoms. The van der Waals surface area contributed by atoms with Gasteiger partial charge in [0.2, 0.25) is 0 Å². The molecule has 0 aromatic carbocycles. The van der Waals surface area contributed by atoms with Crippen molar-refractivity contribution in [3.63, 3.8) is 0 Å². The molecule has 0 saturated heterocycles. The van der Waals surface area contributed by atoms with Crippen molar-refractivity contribution in [3.8, 4) is 0 Å². The molecular weight excluding hydrogens is 268 g/mol. The number of pyridine rings is 1. The quantitative estimate of drug-likeness (QED) is 0.880. The Morgan fingerprint density at radius 1 is 1.48 bits per heavy atom. The molecule has 2 aromatic heterocycles. The van der Waals surface area contributed by atoms with Crippen LogP contribution in [0.2, 0.25) is 0 Å². The summed E-state index contributed by atoms with van der Waals surface area (Å²) in [5, 5.41) is 16.7. The lowest BCUT2D eigenvalue weighted by Gasteiger charge is -2.37. The highest BCUT2D eigenvalue weighted by molar-refractivity contribution is 5.92. The largest absolute Gasteiger partial charge is 0.393 e. The van der Waals surface area contributed by atoms with Gasteiger partial charge < -0.3 is 10.4 Å². The molecule has 0 unspecified atom stereocenters. The molecule has 1 atom stereocenters. The van der Waals surface area contributed by atoms with Crippen LogP contribution in [-0.2, 0) is 7.05 Å². The Bertz CT molecular complexity index is 620. The minimum Gasteiger partial charge on any atom is -0.393 e. The topological polar surface area (TPSA) is 80.0 Å². The van der Waals surface area contributed by atoms with Crippen LogP contribution in [0.1, 0.15) is 34.9 Å². The van der Waals surface area contributed by atoms with E-state index in [0.29, 0.717) is 18.5 Å². The maximum Gasteiger partial charge on any atom is 0.270 e. The second-order valence-electron chi connectivity index (χ2n) is 5.50. The number of aliphatic hydroxyl groups is 1. The molecule has 1 aliphatic carbocycles. The minimum atomic E-state index is -0.263. The number of carbonyl (C=O) groups is 1. The summed E-state index contributed by atoms with van der Waals surface area (Å²) in [4.78, 5) is 16.4. The summed E-state index contributed by atoms with van der Waals surface area (Å²) in [6.45, 7) is 0. The zero-order valence-electron chi connectivity index (χ0n) is 11.8. The van der Waals surface area contributed by atoms with Crippen molar-refractivity contribution >= 4 is 5.91 Å². The zero-order chi connectivity index (χ0) is 14.8. The molecule has 21 heavy (non-hydrogen) atoms. The second-order valence-corrected chi connectivity index (χ2v) is 5.50. The number of aryl methyl sites for hydroxylation is 1. The van der Waals surface area contributed by atoms with Crippen molar-refractivity contribution in [1.29, 1.82) is 0 Å². The summed E-state index contributed by atoms with van der Waals surface area (Å²) in [6.07, 6.45) is 6.38. The van der Waals surface area contributed by atoms with Gasteiger partial charge in [-0.25, -0.2) is 0 Å². The Morgan fingerprint density at radius 2 is 2.29 bits per heavy atom. The van der Waals surface area contributed by atoms with Crippen LogP contribution in [0.5, 0.6) is 0 Å². The molecule has 1 fully saturated rings. The number of hydrogen-bond donors (Lipinski definition) is 2. The molecule has 0 spiro atoms. The molecule has 2 heterocycles. The fourth-order valence-corrected chi connectivity index (χ4v) is 2.69. The fourth-order valence-electron chi connectivity index (χ4n) is 2.69. The van der Waals surface area contributed by atoms with Crippen LogP contribution < -0.4 is 5.32 Å². The van der Waals surface area contributed by atoms with Crippen LogP contribution in [0.15, 0.2) is 36.8 Å². The molecule has 2 N–H and O–H groups in total. The van der Waals surface area contributed by atoms with E-state index in [1.807, 2.05) is 13.2 Å². The molecule has 110 valence electrons. The van der Waals surface area contributed by atoms with Crippen LogP contribution in [0.4, 0.5) is 0 Å². The van der Waals surface area contributed by atoms with Gasteiger partial charge in [-0.1, -0.05) is 6.07 Å².